The number of para-hydroxylation sites is 1. The molecule has 1 radical (unpaired) electrons. The number of halogens is 1. The molecule has 0 saturated carbocycles. The minimum Gasteiger partial charge on any atom is -0.339 e. The van der Waals surface area contributed by atoms with Gasteiger partial charge in [0.1, 0.15) is 5.82 Å². The monoisotopic (exact) mass is 214 g/mol. The van der Waals surface area contributed by atoms with E-state index in [-0.39, 0.29) is 5.82 Å². The first-order valence-electron chi connectivity index (χ1n) is 5.31. The van der Waals surface area contributed by atoms with Gasteiger partial charge in [0.2, 0.25) is 0 Å². The van der Waals surface area contributed by atoms with Crippen LogP contribution in [0, 0.1) is 11.9 Å². The number of rotatable bonds is 3. The van der Waals surface area contributed by atoms with Crippen molar-refractivity contribution in [2.45, 2.75) is 6.92 Å². The minimum atomic E-state index is -0.197. The molecule has 0 N–H and O–H groups in total. The van der Waals surface area contributed by atoms with Crippen LogP contribution in [-0.2, 0) is 0 Å². The molecule has 2 aromatic rings. The molecule has 81 valence electrons. The zero-order chi connectivity index (χ0) is 11.4. The number of anilines is 2. The second-order valence-corrected chi connectivity index (χ2v) is 3.45. The standard InChI is InChI=1S/C14H13FN/c1-2-16(12-8-4-3-5-9-12)14-11-7-6-10-13(14)15/h4-11H,2H2,1H3. The normalized spacial score (nSPS) is 10.1. The third-order valence-corrected chi connectivity index (χ3v) is 2.47. The molecular weight excluding hydrogens is 201 g/mol. The molecule has 0 amide bonds. The summed E-state index contributed by atoms with van der Waals surface area (Å²) in [5.41, 5.74) is 1.59. The molecule has 0 unspecified atom stereocenters. The minimum absolute atomic E-state index is 0.197. The van der Waals surface area contributed by atoms with Gasteiger partial charge in [-0.05, 0) is 37.3 Å². The molecule has 0 bridgehead atoms. The van der Waals surface area contributed by atoms with Crippen LogP contribution in [0.3, 0.4) is 0 Å². The predicted octanol–water partition coefficient (Wildman–Crippen LogP) is 3.78. The summed E-state index contributed by atoms with van der Waals surface area (Å²) in [6.45, 7) is 2.73. The molecule has 2 rings (SSSR count). The molecule has 0 saturated heterocycles. The van der Waals surface area contributed by atoms with Crippen molar-refractivity contribution in [3.63, 3.8) is 0 Å². The largest absolute Gasteiger partial charge is 0.339 e. The second kappa shape index (κ2) is 4.79. The first kappa shape index (κ1) is 10.7. The van der Waals surface area contributed by atoms with Crippen LogP contribution in [-0.4, -0.2) is 6.54 Å². The Kier molecular flexibility index (Phi) is 3.20. The molecule has 0 aromatic heterocycles. The van der Waals surface area contributed by atoms with Gasteiger partial charge in [-0.1, -0.05) is 24.3 Å². The van der Waals surface area contributed by atoms with E-state index in [4.69, 9.17) is 0 Å². The molecule has 0 atom stereocenters. The van der Waals surface area contributed by atoms with E-state index in [2.05, 4.69) is 6.07 Å². The maximum atomic E-state index is 13.7. The molecule has 1 nitrogen and oxygen atoms in total. The highest BCUT2D eigenvalue weighted by molar-refractivity contribution is 5.63. The van der Waals surface area contributed by atoms with Gasteiger partial charge in [-0.2, -0.15) is 0 Å². The van der Waals surface area contributed by atoms with E-state index >= 15 is 0 Å². The lowest BCUT2D eigenvalue weighted by atomic mass is 10.2. The van der Waals surface area contributed by atoms with Gasteiger partial charge >= 0.3 is 0 Å². The van der Waals surface area contributed by atoms with Crippen molar-refractivity contribution < 1.29 is 4.39 Å². The number of benzene rings is 2. The number of hydrogen-bond donors (Lipinski definition) is 0. The summed E-state index contributed by atoms with van der Waals surface area (Å²) in [5.74, 6) is -0.197. The number of hydrogen-bond acceptors (Lipinski definition) is 1. The van der Waals surface area contributed by atoms with Gasteiger partial charge in [0, 0.05) is 12.2 Å². The van der Waals surface area contributed by atoms with E-state index in [1.54, 1.807) is 12.1 Å². The van der Waals surface area contributed by atoms with E-state index < -0.39 is 0 Å². The molecule has 0 aliphatic rings. The van der Waals surface area contributed by atoms with Gasteiger partial charge < -0.3 is 4.90 Å². The third kappa shape index (κ3) is 2.06. The Morgan fingerprint density at radius 3 is 2.44 bits per heavy atom. The quantitative estimate of drug-likeness (QED) is 0.751. The predicted molar refractivity (Wildman–Crippen MR) is 64.4 cm³/mol. The average molecular weight is 214 g/mol. The van der Waals surface area contributed by atoms with Gasteiger partial charge in [-0.3, -0.25) is 0 Å². The molecule has 2 heteroatoms. The third-order valence-electron chi connectivity index (χ3n) is 2.47. The van der Waals surface area contributed by atoms with Crippen molar-refractivity contribution >= 4 is 11.4 Å². The Hall–Kier alpha value is -1.83. The average Bonchev–Trinajstić information content (AvgIpc) is 2.34. The summed E-state index contributed by atoms with van der Waals surface area (Å²) >= 11 is 0. The molecular formula is C14H13FN. The Morgan fingerprint density at radius 2 is 1.81 bits per heavy atom. The lowest BCUT2D eigenvalue weighted by Gasteiger charge is -2.23. The van der Waals surface area contributed by atoms with Crippen molar-refractivity contribution in [1.29, 1.82) is 0 Å². The van der Waals surface area contributed by atoms with Crippen molar-refractivity contribution in [3.05, 3.63) is 60.4 Å². The van der Waals surface area contributed by atoms with Crippen LogP contribution in [0.2, 0.25) is 0 Å². The van der Waals surface area contributed by atoms with Crippen LogP contribution in [0.5, 0.6) is 0 Å². The SMILES string of the molecule is CCN(c1cc[c]cc1)c1ccccc1F. The molecule has 2 aromatic carbocycles. The fourth-order valence-corrected chi connectivity index (χ4v) is 1.72. The van der Waals surface area contributed by atoms with Crippen molar-refractivity contribution in [3.8, 4) is 0 Å². The van der Waals surface area contributed by atoms with Crippen LogP contribution < -0.4 is 4.90 Å². The van der Waals surface area contributed by atoms with Crippen LogP contribution >= 0.6 is 0 Å². The maximum absolute atomic E-state index is 13.7. The molecule has 0 spiro atoms. The van der Waals surface area contributed by atoms with Gasteiger partial charge in [-0.15, -0.1) is 0 Å². The topological polar surface area (TPSA) is 3.24 Å². The van der Waals surface area contributed by atoms with Crippen molar-refractivity contribution in [2.75, 3.05) is 11.4 Å². The molecule has 0 fully saturated rings. The van der Waals surface area contributed by atoms with Gasteiger partial charge in [0.15, 0.2) is 0 Å². The van der Waals surface area contributed by atoms with Gasteiger partial charge in [0.05, 0.1) is 5.69 Å². The zero-order valence-electron chi connectivity index (χ0n) is 9.15. The highest BCUT2D eigenvalue weighted by atomic mass is 19.1. The fraction of sp³-hybridized carbons (Fsp3) is 0.143. The van der Waals surface area contributed by atoms with E-state index in [0.717, 1.165) is 12.2 Å². The Balaban J connectivity index is 2.41. The first-order valence-corrected chi connectivity index (χ1v) is 5.31. The Bertz CT molecular complexity index is 453. The highest BCUT2D eigenvalue weighted by Gasteiger charge is 2.10. The van der Waals surface area contributed by atoms with Gasteiger partial charge in [-0.25, -0.2) is 4.39 Å². The summed E-state index contributed by atoms with van der Waals surface area (Å²) in [6, 6.07) is 17.3. The summed E-state index contributed by atoms with van der Waals surface area (Å²) in [4.78, 5) is 1.93. The van der Waals surface area contributed by atoms with E-state index in [1.165, 1.54) is 6.07 Å². The molecule has 16 heavy (non-hydrogen) atoms. The van der Waals surface area contributed by atoms with Crippen LogP contribution in [0.25, 0.3) is 0 Å². The second-order valence-electron chi connectivity index (χ2n) is 3.45. The van der Waals surface area contributed by atoms with E-state index in [1.807, 2.05) is 42.2 Å². The Morgan fingerprint density at radius 1 is 1.12 bits per heavy atom. The highest BCUT2D eigenvalue weighted by Crippen LogP contribution is 2.26. The van der Waals surface area contributed by atoms with Crippen molar-refractivity contribution in [2.24, 2.45) is 0 Å². The fourth-order valence-electron chi connectivity index (χ4n) is 1.72. The Labute approximate surface area is 95.1 Å². The lowest BCUT2D eigenvalue weighted by molar-refractivity contribution is 0.625. The summed E-state index contributed by atoms with van der Waals surface area (Å²) in [5, 5.41) is 0. The summed E-state index contributed by atoms with van der Waals surface area (Å²) in [6.07, 6.45) is 0. The van der Waals surface area contributed by atoms with E-state index in [9.17, 15) is 4.39 Å². The molecule has 0 heterocycles. The number of nitrogens with zero attached hydrogens (tertiary/aromatic N) is 1. The smallest absolute Gasteiger partial charge is 0.146 e. The van der Waals surface area contributed by atoms with E-state index in [0.29, 0.717) is 5.69 Å². The summed E-state index contributed by atoms with van der Waals surface area (Å²) < 4.78 is 13.7. The van der Waals surface area contributed by atoms with Crippen LogP contribution in [0.15, 0.2) is 48.5 Å². The maximum Gasteiger partial charge on any atom is 0.146 e. The first-order chi connectivity index (χ1) is 7.83. The molecule has 0 aliphatic heterocycles. The molecule has 0 aliphatic carbocycles. The lowest BCUT2D eigenvalue weighted by Crippen LogP contribution is -2.17. The van der Waals surface area contributed by atoms with Crippen molar-refractivity contribution in [1.82, 2.24) is 0 Å². The summed E-state index contributed by atoms with van der Waals surface area (Å²) in [7, 11) is 0. The van der Waals surface area contributed by atoms with Crippen LogP contribution in [0.1, 0.15) is 6.92 Å². The zero-order valence-corrected chi connectivity index (χ0v) is 9.15. The van der Waals surface area contributed by atoms with Gasteiger partial charge in [0.25, 0.3) is 0 Å². The van der Waals surface area contributed by atoms with Crippen LogP contribution in [0.4, 0.5) is 15.8 Å².